The molecule has 1 saturated carbocycles. The number of aromatic amines is 1. The Morgan fingerprint density at radius 3 is 3.11 bits per heavy atom. The van der Waals surface area contributed by atoms with Crippen LogP contribution in [0.5, 0.6) is 0 Å². The van der Waals surface area contributed by atoms with Crippen molar-refractivity contribution in [3.8, 4) is 6.07 Å². The molecular weight excluding hydrogens is 250 g/mol. The second-order valence-electron chi connectivity index (χ2n) is 4.00. The number of pyridine rings is 1. The Labute approximate surface area is 107 Å². The molecule has 0 saturated heterocycles. The zero-order valence-corrected chi connectivity index (χ0v) is 10.1. The van der Waals surface area contributed by atoms with Crippen LogP contribution < -0.4 is 5.69 Å². The molecule has 1 fully saturated rings. The first-order chi connectivity index (χ1) is 8.79. The molecule has 2 aromatic rings. The van der Waals surface area contributed by atoms with Crippen LogP contribution in [0.25, 0.3) is 0 Å². The van der Waals surface area contributed by atoms with Gasteiger partial charge in [0.05, 0.1) is 10.5 Å². The fourth-order valence-electron chi connectivity index (χ4n) is 1.67. The predicted octanol–water partition coefficient (Wildman–Crippen LogP) is 1.32. The van der Waals surface area contributed by atoms with E-state index in [0.717, 1.165) is 12.8 Å². The van der Waals surface area contributed by atoms with Gasteiger partial charge in [0.2, 0.25) is 0 Å². The number of nitriles is 1. The maximum absolute atomic E-state index is 11.6. The third-order valence-corrected chi connectivity index (χ3v) is 3.71. The van der Waals surface area contributed by atoms with Crippen LogP contribution in [0.4, 0.5) is 0 Å². The summed E-state index contributed by atoms with van der Waals surface area (Å²) in [4.78, 5) is 16.3. The van der Waals surface area contributed by atoms with Crippen molar-refractivity contribution in [1.82, 2.24) is 19.7 Å². The summed E-state index contributed by atoms with van der Waals surface area (Å²) in [5, 5.41) is 16.0. The third kappa shape index (κ3) is 1.91. The van der Waals surface area contributed by atoms with Crippen LogP contribution in [0.2, 0.25) is 0 Å². The Kier molecular flexibility index (Phi) is 2.64. The summed E-state index contributed by atoms with van der Waals surface area (Å²) in [7, 11) is 0. The Hall–Kier alpha value is -2.07. The summed E-state index contributed by atoms with van der Waals surface area (Å²) in [6, 6.07) is 4.00. The van der Waals surface area contributed by atoms with Crippen molar-refractivity contribution in [2.24, 2.45) is 0 Å². The van der Waals surface area contributed by atoms with E-state index >= 15 is 0 Å². The number of nitrogens with one attached hydrogen (secondary N) is 1. The number of nitrogens with zero attached hydrogens (tertiary/aromatic N) is 4. The van der Waals surface area contributed by atoms with Crippen molar-refractivity contribution in [1.29, 1.82) is 5.26 Å². The second kappa shape index (κ2) is 4.31. The van der Waals surface area contributed by atoms with Gasteiger partial charge < -0.3 is 0 Å². The number of H-pyrrole nitrogens is 1. The molecule has 1 N–H and O–H groups in total. The van der Waals surface area contributed by atoms with Crippen molar-refractivity contribution < 1.29 is 0 Å². The number of rotatable bonds is 3. The first kappa shape index (κ1) is 11.0. The molecule has 0 unspecified atom stereocenters. The van der Waals surface area contributed by atoms with Crippen LogP contribution in [0.1, 0.15) is 24.4 Å². The Bertz CT molecular complexity index is 679. The Morgan fingerprint density at radius 2 is 2.39 bits per heavy atom. The van der Waals surface area contributed by atoms with E-state index in [0.29, 0.717) is 15.6 Å². The molecule has 0 amide bonds. The number of hydrogen-bond acceptors (Lipinski definition) is 5. The summed E-state index contributed by atoms with van der Waals surface area (Å²) in [5.41, 5.74) is 0.343. The van der Waals surface area contributed by atoms with E-state index < -0.39 is 0 Å². The number of aromatic nitrogens is 4. The molecular formula is C11H9N5OS. The monoisotopic (exact) mass is 259 g/mol. The van der Waals surface area contributed by atoms with Gasteiger partial charge in [0.15, 0.2) is 5.16 Å². The molecule has 1 aliphatic rings. The van der Waals surface area contributed by atoms with Gasteiger partial charge >= 0.3 is 5.69 Å². The molecule has 1 aliphatic carbocycles. The Balaban J connectivity index is 1.98. The van der Waals surface area contributed by atoms with Gasteiger partial charge in [-0.2, -0.15) is 5.26 Å². The van der Waals surface area contributed by atoms with E-state index in [9.17, 15) is 4.79 Å². The van der Waals surface area contributed by atoms with E-state index in [-0.39, 0.29) is 11.7 Å². The summed E-state index contributed by atoms with van der Waals surface area (Å²) in [5.74, 6) is 0. The minimum Gasteiger partial charge on any atom is -0.267 e. The highest BCUT2D eigenvalue weighted by molar-refractivity contribution is 7.99. The van der Waals surface area contributed by atoms with Gasteiger partial charge in [-0.1, -0.05) is 0 Å². The van der Waals surface area contributed by atoms with E-state index in [1.165, 1.54) is 11.8 Å². The van der Waals surface area contributed by atoms with Gasteiger partial charge in [-0.3, -0.25) is 9.55 Å². The van der Waals surface area contributed by atoms with Crippen molar-refractivity contribution in [3.05, 3.63) is 34.5 Å². The van der Waals surface area contributed by atoms with Gasteiger partial charge in [0, 0.05) is 18.4 Å². The molecule has 0 spiro atoms. The first-order valence-electron chi connectivity index (χ1n) is 5.48. The third-order valence-electron chi connectivity index (χ3n) is 2.69. The standard InChI is InChI=1S/C11H9N5OS/c12-5-7-3-4-13-6-9(7)18-11-15-14-10(17)16(11)8-1-2-8/h3-4,6,8H,1-2H2,(H,14,17). The topological polar surface area (TPSA) is 87.4 Å². The molecule has 7 heteroatoms. The summed E-state index contributed by atoms with van der Waals surface area (Å²) in [6.07, 6.45) is 5.19. The van der Waals surface area contributed by atoms with Gasteiger partial charge in [0.1, 0.15) is 6.07 Å². The second-order valence-corrected chi connectivity index (χ2v) is 5.01. The molecule has 0 aromatic carbocycles. The minimum atomic E-state index is -0.192. The molecule has 2 heterocycles. The lowest BCUT2D eigenvalue weighted by Crippen LogP contribution is -2.16. The molecule has 90 valence electrons. The van der Waals surface area contributed by atoms with Crippen molar-refractivity contribution in [3.63, 3.8) is 0 Å². The predicted molar refractivity (Wildman–Crippen MR) is 64.2 cm³/mol. The zero-order chi connectivity index (χ0) is 12.5. The van der Waals surface area contributed by atoms with Crippen molar-refractivity contribution in [2.75, 3.05) is 0 Å². The van der Waals surface area contributed by atoms with Gasteiger partial charge in [0.25, 0.3) is 0 Å². The van der Waals surface area contributed by atoms with Crippen LogP contribution in [0, 0.1) is 11.3 Å². The molecule has 0 aliphatic heterocycles. The summed E-state index contributed by atoms with van der Waals surface area (Å²) < 4.78 is 1.65. The normalized spacial score (nSPS) is 14.4. The molecule has 6 nitrogen and oxygen atoms in total. The first-order valence-corrected chi connectivity index (χ1v) is 6.30. The van der Waals surface area contributed by atoms with Crippen LogP contribution >= 0.6 is 11.8 Å². The molecule has 2 aromatic heterocycles. The van der Waals surface area contributed by atoms with Gasteiger partial charge in [-0.25, -0.2) is 9.89 Å². The van der Waals surface area contributed by atoms with E-state index in [2.05, 4.69) is 21.3 Å². The van der Waals surface area contributed by atoms with Crippen LogP contribution in [0.3, 0.4) is 0 Å². The van der Waals surface area contributed by atoms with Gasteiger partial charge in [-0.05, 0) is 30.7 Å². The highest BCUT2D eigenvalue weighted by Crippen LogP contribution is 2.37. The van der Waals surface area contributed by atoms with Gasteiger partial charge in [-0.15, -0.1) is 5.10 Å². The molecule has 3 rings (SSSR count). The Morgan fingerprint density at radius 1 is 1.56 bits per heavy atom. The minimum absolute atomic E-state index is 0.192. The average molecular weight is 259 g/mol. The SMILES string of the molecule is N#Cc1ccncc1Sc1n[nH]c(=O)n1C1CC1. The van der Waals surface area contributed by atoms with E-state index in [1.54, 1.807) is 23.0 Å². The zero-order valence-electron chi connectivity index (χ0n) is 9.33. The lowest BCUT2D eigenvalue weighted by molar-refractivity contribution is 0.642. The molecule has 0 atom stereocenters. The van der Waals surface area contributed by atoms with Crippen LogP contribution in [-0.2, 0) is 0 Å². The molecule has 0 radical (unpaired) electrons. The largest absolute Gasteiger partial charge is 0.344 e. The summed E-state index contributed by atoms with van der Waals surface area (Å²) >= 11 is 1.29. The van der Waals surface area contributed by atoms with E-state index in [1.807, 2.05) is 0 Å². The molecule has 0 bridgehead atoms. The lowest BCUT2D eigenvalue weighted by Gasteiger charge is -2.03. The smallest absolute Gasteiger partial charge is 0.267 e. The maximum atomic E-state index is 11.6. The highest BCUT2D eigenvalue weighted by Gasteiger charge is 2.28. The average Bonchev–Trinajstić information content (AvgIpc) is 3.16. The van der Waals surface area contributed by atoms with Crippen molar-refractivity contribution >= 4 is 11.8 Å². The van der Waals surface area contributed by atoms with E-state index in [4.69, 9.17) is 5.26 Å². The quantitative estimate of drug-likeness (QED) is 0.898. The van der Waals surface area contributed by atoms with Crippen LogP contribution in [0.15, 0.2) is 33.3 Å². The maximum Gasteiger partial charge on any atom is 0.344 e. The van der Waals surface area contributed by atoms with Crippen molar-refractivity contribution in [2.45, 2.75) is 28.9 Å². The molecule has 18 heavy (non-hydrogen) atoms. The fraction of sp³-hybridized carbons (Fsp3) is 0.273. The lowest BCUT2D eigenvalue weighted by atomic mass is 10.3. The highest BCUT2D eigenvalue weighted by atomic mass is 32.2. The van der Waals surface area contributed by atoms with Crippen LogP contribution in [-0.4, -0.2) is 19.7 Å². The number of hydrogen-bond donors (Lipinski definition) is 1. The fourth-order valence-corrected chi connectivity index (χ4v) is 2.62. The summed E-state index contributed by atoms with van der Waals surface area (Å²) in [6.45, 7) is 0.